The third-order valence-electron chi connectivity index (χ3n) is 4.64. The lowest BCUT2D eigenvalue weighted by atomic mass is 9.50. The first-order valence-corrected chi connectivity index (χ1v) is 7.61. The summed E-state index contributed by atoms with van der Waals surface area (Å²) in [6.45, 7) is 12.9. The Hall–Kier alpha value is -1.59. The van der Waals surface area contributed by atoms with E-state index in [2.05, 4.69) is 0 Å². The van der Waals surface area contributed by atoms with Gasteiger partial charge in [0.2, 0.25) is 0 Å². The highest BCUT2D eigenvalue weighted by atomic mass is 16.4. The van der Waals surface area contributed by atoms with Gasteiger partial charge in [-0.2, -0.15) is 0 Å². The summed E-state index contributed by atoms with van der Waals surface area (Å²) in [5.41, 5.74) is -5.12. The third-order valence-corrected chi connectivity index (χ3v) is 4.64. The van der Waals surface area contributed by atoms with Crippen LogP contribution in [0.4, 0.5) is 0 Å². The van der Waals surface area contributed by atoms with Gasteiger partial charge in [-0.05, 0) is 31.1 Å². The number of rotatable bonds is 6. The Bertz CT molecular complexity index is 496. The van der Waals surface area contributed by atoms with Crippen molar-refractivity contribution in [2.45, 2.75) is 61.8 Å². The second-order valence-electron chi connectivity index (χ2n) is 9.02. The van der Waals surface area contributed by atoms with Gasteiger partial charge in [0.15, 0.2) is 0 Å². The summed E-state index contributed by atoms with van der Waals surface area (Å²) >= 11 is 0. The summed E-state index contributed by atoms with van der Waals surface area (Å²) in [4.78, 5) is 36.0. The molecule has 0 fully saturated rings. The number of carboxylic acid groups (broad SMARTS) is 3. The molecule has 3 unspecified atom stereocenters. The van der Waals surface area contributed by atoms with E-state index >= 15 is 0 Å². The first-order chi connectivity index (χ1) is 9.91. The van der Waals surface area contributed by atoms with Crippen LogP contribution in [0.15, 0.2) is 0 Å². The first kappa shape index (κ1) is 21.4. The van der Waals surface area contributed by atoms with Gasteiger partial charge in [0.05, 0.1) is 16.7 Å². The highest BCUT2D eigenvalue weighted by molar-refractivity contribution is 5.91. The van der Waals surface area contributed by atoms with E-state index in [0.717, 1.165) is 0 Å². The van der Waals surface area contributed by atoms with Crippen molar-refractivity contribution in [1.29, 1.82) is 0 Å². The largest absolute Gasteiger partial charge is 0.481 e. The highest BCUT2D eigenvalue weighted by Crippen LogP contribution is 2.55. The lowest BCUT2D eigenvalue weighted by Gasteiger charge is -2.49. The van der Waals surface area contributed by atoms with Crippen LogP contribution in [0.25, 0.3) is 0 Å². The Kier molecular flexibility index (Phi) is 5.71. The van der Waals surface area contributed by atoms with Gasteiger partial charge in [-0.25, -0.2) is 0 Å². The molecule has 23 heavy (non-hydrogen) atoms. The molecule has 0 amide bonds. The van der Waals surface area contributed by atoms with Gasteiger partial charge in [-0.15, -0.1) is 0 Å². The van der Waals surface area contributed by atoms with E-state index in [1.807, 2.05) is 20.8 Å². The lowest BCUT2D eigenvalue weighted by Crippen LogP contribution is -2.59. The summed E-state index contributed by atoms with van der Waals surface area (Å²) < 4.78 is 0. The Morgan fingerprint density at radius 1 is 0.783 bits per heavy atom. The average molecular weight is 330 g/mol. The van der Waals surface area contributed by atoms with Gasteiger partial charge in [0.1, 0.15) is 0 Å². The van der Waals surface area contributed by atoms with E-state index in [1.54, 1.807) is 20.8 Å². The molecular formula is C17H30O6. The van der Waals surface area contributed by atoms with Gasteiger partial charge in [0.25, 0.3) is 0 Å². The van der Waals surface area contributed by atoms with Crippen LogP contribution in [0.1, 0.15) is 61.8 Å². The van der Waals surface area contributed by atoms with Crippen LogP contribution in [0, 0.1) is 27.6 Å². The molecule has 0 aliphatic rings. The maximum Gasteiger partial charge on any atom is 0.311 e. The molecule has 0 radical (unpaired) electrons. The van der Waals surface area contributed by atoms with E-state index in [0.29, 0.717) is 0 Å². The van der Waals surface area contributed by atoms with Gasteiger partial charge in [-0.3, -0.25) is 14.4 Å². The molecule has 6 heteroatoms. The molecule has 0 aliphatic carbocycles. The minimum Gasteiger partial charge on any atom is -0.481 e. The van der Waals surface area contributed by atoms with Crippen molar-refractivity contribution in [3.05, 3.63) is 0 Å². The Labute approximate surface area is 137 Å². The van der Waals surface area contributed by atoms with Crippen LogP contribution < -0.4 is 0 Å². The quantitative estimate of drug-likeness (QED) is 0.688. The van der Waals surface area contributed by atoms with E-state index in [-0.39, 0.29) is 6.42 Å². The molecule has 0 spiro atoms. The lowest BCUT2D eigenvalue weighted by molar-refractivity contribution is -0.191. The number of carbonyl (C=O) groups is 3. The zero-order valence-corrected chi connectivity index (χ0v) is 15.4. The summed E-state index contributed by atoms with van der Waals surface area (Å²) in [6, 6.07) is 0. The van der Waals surface area contributed by atoms with Gasteiger partial charge in [0, 0.05) is 0 Å². The summed E-state index contributed by atoms with van der Waals surface area (Å²) in [5.74, 6) is -5.37. The predicted octanol–water partition coefficient (Wildman–Crippen LogP) is 3.35. The average Bonchev–Trinajstić information content (AvgIpc) is 2.22. The van der Waals surface area contributed by atoms with E-state index < -0.39 is 45.5 Å². The fraction of sp³-hybridized carbons (Fsp3) is 0.824. The predicted molar refractivity (Wildman–Crippen MR) is 86.1 cm³/mol. The molecule has 0 aliphatic heterocycles. The molecule has 0 saturated carbocycles. The van der Waals surface area contributed by atoms with Crippen LogP contribution in [-0.2, 0) is 14.4 Å². The van der Waals surface area contributed by atoms with Gasteiger partial charge >= 0.3 is 17.9 Å². The second kappa shape index (κ2) is 6.13. The molecule has 6 nitrogen and oxygen atoms in total. The normalized spacial score (nSPS) is 19.3. The molecule has 0 bridgehead atoms. The smallest absolute Gasteiger partial charge is 0.311 e. The van der Waals surface area contributed by atoms with Crippen molar-refractivity contribution in [2.24, 2.45) is 27.6 Å². The zero-order chi connectivity index (χ0) is 19.0. The van der Waals surface area contributed by atoms with Crippen molar-refractivity contribution < 1.29 is 29.7 Å². The maximum absolute atomic E-state index is 12.1. The Balaban J connectivity index is 6.64. The topological polar surface area (TPSA) is 112 Å². The minimum atomic E-state index is -1.98. The first-order valence-electron chi connectivity index (χ1n) is 7.61. The monoisotopic (exact) mass is 330 g/mol. The molecule has 0 aromatic carbocycles. The Morgan fingerprint density at radius 2 is 1.17 bits per heavy atom. The van der Waals surface area contributed by atoms with Crippen LogP contribution in [-0.4, -0.2) is 33.2 Å². The van der Waals surface area contributed by atoms with Crippen LogP contribution in [0.5, 0.6) is 0 Å². The molecule has 0 rings (SSSR count). The number of carboxylic acids is 3. The number of hydrogen-bond acceptors (Lipinski definition) is 3. The van der Waals surface area contributed by atoms with Crippen molar-refractivity contribution >= 4 is 17.9 Å². The molecular weight excluding hydrogens is 300 g/mol. The molecule has 3 atom stereocenters. The number of aliphatic carboxylic acids is 3. The highest BCUT2D eigenvalue weighted by Gasteiger charge is 2.64. The summed E-state index contributed by atoms with van der Waals surface area (Å²) in [5, 5.41) is 29.4. The van der Waals surface area contributed by atoms with Crippen molar-refractivity contribution in [3.63, 3.8) is 0 Å². The van der Waals surface area contributed by atoms with Crippen molar-refractivity contribution in [3.8, 4) is 0 Å². The zero-order valence-electron chi connectivity index (χ0n) is 15.4. The summed E-state index contributed by atoms with van der Waals surface area (Å²) in [6.07, 6.45) is 0.0397. The van der Waals surface area contributed by atoms with Crippen molar-refractivity contribution in [1.82, 2.24) is 0 Å². The standard InChI is InChI=1S/C17H30O6/c1-14(2,3)9-16(7,12(20)21)17(8,13(22)23)10(11(18)19)15(4,5)6/h10H,9H2,1-8H3,(H,18,19)(H,20,21)(H,22,23). The van der Waals surface area contributed by atoms with E-state index in [9.17, 15) is 29.7 Å². The maximum atomic E-state index is 12.1. The summed E-state index contributed by atoms with van der Waals surface area (Å²) in [7, 11) is 0. The Morgan fingerprint density at radius 3 is 1.35 bits per heavy atom. The molecule has 0 aromatic heterocycles. The minimum absolute atomic E-state index is 0.0397. The fourth-order valence-electron chi connectivity index (χ4n) is 3.70. The number of hydrogen-bond donors (Lipinski definition) is 3. The van der Waals surface area contributed by atoms with Crippen LogP contribution >= 0.6 is 0 Å². The molecule has 3 N–H and O–H groups in total. The molecule has 0 heterocycles. The van der Waals surface area contributed by atoms with E-state index in [1.165, 1.54) is 13.8 Å². The van der Waals surface area contributed by atoms with Crippen molar-refractivity contribution in [2.75, 3.05) is 0 Å². The molecule has 0 saturated heterocycles. The van der Waals surface area contributed by atoms with E-state index in [4.69, 9.17) is 0 Å². The SMILES string of the molecule is CC(C)(C)CC(C)(C(=O)O)C(C)(C(=O)O)C(C(=O)O)C(C)(C)C. The molecule has 134 valence electrons. The van der Waals surface area contributed by atoms with Crippen LogP contribution in [0.2, 0.25) is 0 Å². The van der Waals surface area contributed by atoms with Gasteiger partial charge < -0.3 is 15.3 Å². The second-order valence-corrected chi connectivity index (χ2v) is 9.02. The molecule has 0 aromatic rings. The fourth-order valence-corrected chi connectivity index (χ4v) is 3.70. The van der Waals surface area contributed by atoms with Crippen LogP contribution in [0.3, 0.4) is 0 Å². The van der Waals surface area contributed by atoms with Gasteiger partial charge in [-0.1, -0.05) is 41.5 Å². The third kappa shape index (κ3) is 4.03.